The summed E-state index contributed by atoms with van der Waals surface area (Å²) in [6.07, 6.45) is 0.531. The van der Waals surface area contributed by atoms with Crippen molar-refractivity contribution in [2.24, 2.45) is 0 Å². The first kappa shape index (κ1) is 11.5. The van der Waals surface area contributed by atoms with E-state index in [-0.39, 0.29) is 16.3 Å². The van der Waals surface area contributed by atoms with Gasteiger partial charge in [0.2, 0.25) is 0 Å². The molecule has 0 bridgehead atoms. The van der Waals surface area contributed by atoms with Crippen LogP contribution < -0.4 is 4.74 Å². The fourth-order valence-electron chi connectivity index (χ4n) is 0.926. The molecule has 0 unspecified atom stereocenters. The summed E-state index contributed by atoms with van der Waals surface area (Å²) in [4.78, 5) is 10.4. The molecule has 0 saturated carbocycles. The molecular formula is C9H7BrClFO2. The maximum absolute atomic E-state index is 13.2. The van der Waals surface area contributed by atoms with E-state index >= 15 is 0 Å². The summed E-state index contributed by atoms with van der Waals surface area (Å²) in [7, 11) is 0. The molecule has 5 heteroatoms. The van der Waals surface area contributed by atoms with Crippen LogP contribution in [0.15, 0.2) is 12.1 Å². The first-order valence-corrected chi connectivity index (χ1v) is 5.32. The predicted octanol–water partition coefficient (Wildman–Crippen LogP) is 3.07. The highest BCUT2D eigenvalue weighted by molar-refractivity contribution is 9.09. The zero-order valence-electron chi connectivity index (χ0n) is 7.10. The lowest BCUT2D eigenvalue weighted by Crippen LogP contribution is -2.01. The van der Waals surface area contributed by atoms with Gasteiger partial charge in [-0.2, -0.15) is 0 Å². The number of benzene rings is 1. The van der Waals surface area contributed by atoms with Crippen LogP contribution in [0.3, 0.4) is 0 Å². The molecule has 0 fully saturated rings. The zero-order valence-corrected chi connectivity index (χ0v) is 9.44. The van der Waals surface area contributed by atoms with Crippen molar-refractivity contribution in [3.63, 3.8) is 0 Å². The minimum atomic E-state index is -0.624. The maximum atomic E-state index is 13.2. The molecule has 0 atom stereocenters. The predicted molar refractivity (Wildman–Crippen MR) is 56.1 cm³/mol. The molecule has 1 aromatic rings. The van der Waals surface area contributed by atoms with Gasteiger partial charge in [0.25, 0.3) is 0 Å². The Labute approximate surface area is 94.1 Å². The van der Waals surface area contributed by atoms with Crippen molar-refractivity contribution in [2.75, 3.05) is 11.9 Å². The molecule has 0 radical (unpaired) electrons. The van der Waals surface area contributed by atoms with Gasteiger partial charge in [-0.1, -0.05) is 27.5 Å². The molecule has 0 aromatic heterocycles. The van der Waals surface area contributed by atoms with Gasteiger partial charge in [0, 0.05) is 10.9 Å². The van der Waals surface area contributed by atoms with Gasteiger partial charge in [0.1, 0.15) is 6.29 Å². The highest BCUT2D eigenvalue weighted by Crippen LogP contribution is 2.28. The number of halogens is 3. The van der Waals surface area contributed by atoms with Gasteiger partial charge in [-0.15, -0.1) is 0 Å². The van der Waals surface area contributed by atoms with Crippen LogP contribution in [0.5, 0.6) is 5.75 Å². The Bertz CT molecular complexity index is 321. The third-order valence-corrected chi connectivity index (χ3v) is 2.08. The fourth-order valence-corrected chi connectivity index (χ4v) is 1.36. The van der Waals surface area contributed by atoms with Crippen LogP contribution in [0.2, 0.25) is 5.02 Å². The molecule has 0 aliphatic heterocycles. The standard InChI is InChI=1S/C9H7BrClFO2/c10-1-2-14-9-7(11)3-6(5-13)4-8(9)12/h3-5H,1-2H2. The second-order valence-corrected chi connectivity index (χ2v) is 3.67. The van der Waals surface area contributed by atoms with Crippen LogP contribution >= 0.6 is 27.5 Å². The van der Waals surface area contributed by atoms with Gasteiger partial charge in [-0.05, 0) is 12.1 Å². The lowest BCUT2D eigenvalue weighted by atomic mass is 10.2. The lowest BCUT2D eigenvalue weighted by Gasteiger charge is -2.07. The number of hydrogen-bond acceptors (Lipinski definition) is 2. The Morgan fingerprint density at radius 2 is 2.29 bits per heavy atom. The second-order valence-electron chi connectivity index (χ2n) is 2.47. The van der Waals surface area contributed by atoms with E-state index in [1.165, 1.54) is 6.07 Å². The molecular weight excluding hydrogens is 274 g/mol. The van der Waals surface area contributed by atoms with E-state index in [0.717, 1.165) is 6.07 Å². The first-order valence-electron chi connectivity index (χ1n) is 3.82. The van der Waals surface area contributed by atoms with Gasteiger partial charge in [0.15, 0.2) is 11.6 Å². The molecule has 0 aliphatic rings. The molecule has 0 saturated heterocycles. The van der Waals surface area contributed by atoms with Crippen molar-refractivity contribution in [3.05, 3.63) is 28.5 Å². The average Bonchev–Trinajstić information content (AvgIpc) is 2.16. The van der Waals surface area contributed by atoms with E-state index in [9.17, 15) is 9.18 Å². The SMILES string of the molecule is O=Cc1cc(F)c(OCCBr)c(Cl)c1. The Hall–Kier alpha value is -0.610. The van der Waals surface area contributed by atoms with Crippen LogP contribution in [-0.2, 0) is 0 Å². The van der Waals surface area contributed by atoms with E-state index in [0.29, 0.717) is 18.2 Å². The summed E-state index contributed by atoms with van der Waals surface area (Å²) in [5, 5.41) is 0.686. The quantitative estimate of drug-likeness (QED) is 0.626. The first-order chi connectivity index (χ1) is 6.69. The molecule has 14 heavy (non-hydrogen) atoms. The monoisotopic (exact) mass is 280 g/mol. The average molecular weight is 282 g/mol. The number of rotatable bonds is 4. The molecule has 0 aliphatic carbocycles. The number of carbonyl (C=O) groups excluding carboxylic acids is 1. The van der Waals surface area contributed by atoms with Crippen molar-refractivity contribution in [2.45, 2.75) is 0 Å². The second kappa shape index (κ2) is 5.32. The van der Waals surface area contributed by atoms with Gasteiger partial charge >= 0.3 is 0 Å². The summed E-state index contributed by atoms with van der Waals surface area (Å²) in [6, 6.07) is 2.45. The number of aldehydes is 1. The zero-order chi connectivity index (χ0) is 10.6. The van der Waals surface area contributed by atoms with Crippen LogP contribution in [-0.4, -0.2) is 18.2 Å². The molecule has 0 N–H and O–H groups in total. The van der Waals surface area contributed by atoms with Crippen molar-refractivity contribution in [1.82, 2.24) is 0 Å². The molecule has 0 spiro atoms. The van der Waals surface area contributed by atoms with Crippen molar-refractivity contribution < 1.29 is 13.9 Å². The van der Waals surface area contributed by atoms with Gasteiger partial charge in [0.05, 0.1) is 11.6 Å². The van der Waals surface area contributed by atoms with Crippen molar-refractivity contribution in [1.29, 1.82) is 0 Å². The highest BCUT2D eigenvalue weighted by Gasteiger charge is 2.10. The van der Waals surface area contributed by atoms with Gasteiger partial charge in [-0.3, -0.25) is 4.79 Å². The summed E-state index contributed by atoms with van der Waals surface area (Å²) in [5.41, 5.74) is 0.193. The Morgan fingerprint density at radius 1 is 1.57 bits per heavy atom. The summed E-state index contributed by atoms with van der Waals surface area (Å²) >= 11 is 8.85. The third kappa shape index (κ3) is 2.69. The van der Waals surface area contributed by atoms with Crippen LogP contribution in [0.4, 0.5) is 4.39 Å². The topological polar surface area (TPSA) is 26.3 Å². The molecule has 0 heterocycles. The largest absolute Gasteiger partial charge is 0.488 e. The smallest absolute Gasteiger partial charge is 0.173 e. The van der Waals surface area contributed by atoms with Gasteiger partial charge < -0.3 is 4.74 Å². The van der Waals surface area contributed by atoms with E-state index in [2.05, 4.69) is 15.9 Å². The normalized spacial score (nSPS) is 9.93. The van der Waals surface area contributed by atoms with Crippen molar-refractivity contribution >= 4 is 33.8 Å². The molecule has 0 amide bonds. The summed E-state index contributed by atoms with van der Waals surface area (Å²) < 4.78 is 18.3. The Kier molecular flexibility index (Phi) is 4.35. The Balaban J connectivity index is 2.99. The number of hydrogen-bond donors (Lipinski definition) is 0. The number of alkyl halides is 1. The lowest BCUT2D eigenvalue weighted by molar-refractivity contribution is 0.112. The van der Waals surface area contributed by atoms with Crippen LogP contribution in [0, 0.1) is 5.82 Å². The third-order valence-electron chi connectivity index (χ3n) is 1.48. The highest BCUT2D eigenvalue weighted by atomic mass is 79.9. The van der Waals surface area contributed by atoms with Crippen LogP contribution in [0.25, 0.3) is 0 Å². The number of carbonyl (C=O) groups is 1. The molecule has 1 rings (SSSR count). The van der Waals surface area contributed by atoms with E-state index in [1.807, 2.05) is 0 Å². The van der Waals surface area contributed by atoms with Crippen molar-refractivity contribution in [3.8, 4) is 5.75 Å². The molecule has 76 valence electrons. The fraction of sp³-hybridized carbons (Fsp3) is 0.222. The molecule has 2 nitrogen and oxygen atoms in total. The van der Waals surface area contributed by atoms with Gasteiger partial charge in [-0.25, -0.2) is 4.39 Å². The summed E-state index contributed by atoms with van der Waals surface area (Å²) in [6.45, 7) is 0.317. The minimum Gasteiger partial charge on any atom is -0.488 e. The minimum absolute atomic E-state index is 0.0169. The van der Waals surface area contributed by atoms with E-state index in [1.54, 1.807) is 0 Å². The summed E-state index contributed by atoms with van der Waals surface area (Å²) in [5.74, 6) is -0.641. The number of ether oxygens (including phenoxy) is 1. The van der Waals surface area contributed by atoms with E-state index < -0.39 is 5.82 Å². The van der Waals surface area contributed by atoms with E-state index in [4.69, 9.17) is 16.3 Å². The Morgan fingerprint density at radius 3 is 2.79 bits per heavy atom. The maximum Gasteiger partial charge on any atom is 0.173 e. The van der Waals surface area contributed by atoms with Crippen LogP contribution in [0.1, 0.15) is 10.4 Å². The molecule has 1 aromatic carbocycles.